The number of benzene rings is 7. The summed E-state index contributed by atoms with van der Waals surface area (Å²) in [4.78, 5) is 32.9. The molecule has 0 saturated carbocycles. The highest BCUT2D eigenvalue weighted by Gasteiger charge is 2.21. The van der Waals surface area contributed by atoms with Crippen molar-refractivity contribution in [2.45, 2.75) is 70.9 Å². The van der Waals surface area contributed by atoms with Crippen molar-refractivity contribution >= 4 is 64.1 Å². The molecule has 1 atom stereocenters. The predicted molar refractivity (Wildman–Crippen MR) is 273 cm³/mol. The van der Waals surface area contributed by atoms with Gasteiger partial charge in [0.2, 0.25) is 0 Å². The summed E-state index contributed by atoms with van der Waals surface area (Å²) in [5.74, 6) is -2.60. The molecule has 2 N–H and O–H groups in total. The number of halogens is 2. The van der Waals surface area contributed by atoms with Gasteiger partial charge < -0.3 is 19.5 Å². The molecule has 0 radical (unpaired) electrons. The van der Waals surface area contributed by atoms with Crippen LogP contribution in [0.5, 0.6) is 0 Å². The summed E-state index contributed by atoms with van der Waals surface area (Å²) >= 11 is 3.57. The number of aryl methyl sites for hydroxylation is 1. The van der Waals surface area contributed by atoms with Gasteiger partial charge in [0.05, 0.1) is 29.2 Å². The number of carbonyl (C=O) groups excluding carboxylic acids is 2. The number of carbonyl (C=O) groups is 2. The number of esters is 2. The van der Waals surface area contributed by atoms with Crippen LogP contribution in [0, 0.1) is 18.6 Å². The van der Waals surface area contributed by atoms with Crippen molar-refractivity contribution in [2.24, 2.45) is 4.99 Å². The van der Waals surface area contributed by atoms with E-state index >= 15 is 0 Å². The molecular weight excluding hydrogens is 948 g/mol. The zero-order valence-electron chi connectivity index (χ0n) is 38.9. The molecule has 358 valence electrons. The fourth-order valence-corrected chi connectivity index (χ4v) is 10.8. The third kappa shape index (κ3) is 13.3. The van der Waals surface area contributed by atoms with Crippen molar-refractivity contribution in [1.29, 1.82) is 0 Å². The molecule has 2 heterocycles. The van der Waals surface area contributed by atoms with Crippen LogP contribution in [0.3, 0.4) is 0 Å². The van der Waals surface area contributed by atoms with Gasteiger partial charge >= 0.3 is 19.1 Å². The monoisotopic (exact) mass is 997 g/mol. The van der Waals surface area contributed by atoms with Crippen molar-refractivity contribution < 1.29 is 46.3 Å². The second kappa shape index (κ2) is 23.5. The number of hydrogen-bond donors (Lipinski definition) is 2. The summed E-state index contributed by atoms with van der Waals surface area (Å²) in [5, 5.41) is 17.6. The number of fused-ring (bicyclic) bond motifs is 4. The summed E-state index contributed by atoms with van der Waals surface area (Å²) in [6.45, 7) is 7.77. The smallest absolute Gasteiger partial charge is 0.462 e. The molecule has 9 nitrogen and oxygen atoms in total. The number of ether oxygens (including phenoxy) is 2. The first kappa shape index (κ1) is 51.5. The molecular formula is C55H50BF2NO8S3. The summed E-state index contributed by atoms with van der Waals surface area (Å²) < 4.78 is 61.5. The van der Waals surface area contributed by atoms with E-state index in [1.54, 1.807) is 73.9 Å². The molecule has 0 spiro atoms. The number of nitrogens with zero attached hydrogens (tertiary/aromatic N) is 1. The van der Waals surface area contributed by atoms with Crippen LogP contribution < -0.4 is 5.46 Å². The topological polar surface area (TPSA) is 140 Å². The molecule has 15 heteroatoms. The zero-order valence-corrected chi connectivity index (χ0v) is 41.3. The maximum absolute atomic E-state index is 14.1. The molecule has 0 bridgehead atoms. The summed E-state index contributed by atoms with van der Waals surface area (Å²) in [6, 6.07) is 43.9. The van der Waals surface area contributed by atoms with Gasteiger partial charge in [0, 0.05) is 31.7 Å². The van der Waals surface area contributed by atoms with Crippen LogP contribution in [-0.2, 0) is 32.2 Å². The maximum atomic E-state index is 14.1. The van der Waals surface area contributed by atoms with Gasteiger partial charge in [-0.3, -0.25) is 4.99 Å². The summed E-state index contributed by atoms with van der Waals surface area (Å²) in [5.41, 5.74) is 9.17. The Balaban J connectivity index is 0.000000162. The molecule has 0 fully saturated rings. The molecule has 0 saturated heterocycles. The quantitative estimate of drug-likeness (QED) is 0.0731. The van der Waals surface area contributed by atoms with Crippen LogP contribution in [0.1, 0.15) is 91.9 Å². The average molecular weight is 998 g/mol. The van der Waals surface area contributed by atoms with Gasteiger partial charge in [0.15, 0.2) is 9.84 Å². The molecule has 0 aliphatic carbocycles. The summed E-state index contributed by atoms with van der Waals surface area (Å²) in [7, 11) is -5.22. The van der Waals surface area contributed by atoms with E-state index in [1.165, 1.54) is 60.0 Å². The number of rotatable bonds is 11. The van der Waals surface area contributed by atoms with Crippen LogP contribution >= 0.6 is 23.5 Å². The predicted octanol–water partition coefficient (Wildman–Crippen LogP) is 10.8. The number of sulfone groups is 1. The lowest BCUT2D eigenvalue weighted by molar-refractivity contribution is 0.0516. The Hall–Kier alpha value is -6.36. The largest absolute Gasteiger partial charge is 0.488 e. The van der Waals surface area contributed by atoms with Crippen LogP contribution in [-0.4, -0.2) is 62.8 Å². The highest BCUT2D eigenvalue weighted by atomic mass is 32.2. The number of hydrogen-bond acceptors (Lipinski definition) is 11. The lowest BCUT2D eigenvalue weighted by Gasteiger charge is -2.21. The first-order valence-electron chi connectivity index (χ1n) is 22.5. The highest BCUT2D eigenvalue weighted by Crippen LogP contribution is 2.42. The molecule has 1 unspecified atom stereocenters. The molecule has 7 aromatic rings. The highest BCUT2D eigenvalue weighted by molar-refractivity contribution is 7.99. The fourth-order valence-electron chi connectivity index (χ4n) is 7.71. The van der Waals surface area contributed by atoms with Gasteiger partial charge in [-0.1, -0.05) is 103 Å². The van der Waals surface area contributed by atoms with Crippen LogP contribution in [0.25, 0.3) is 0 Å². The minimum absolute atomic E-state index is 0.0312. The number of aliphatic imine (C=N–C) groups is 1. The van der Waals surface area contributed by atoms with Crippen LogP contribution in [0.15, 0.2) is 175 Å². The minimum Gasteiger partial charge on any atom is -0.462 e. The Morgan fingerprint density at radius 3 is 1.77 bits per heavy atom. The SMILES string of the molecule is CCOC(=O)c1cc(F)cc(B(O)O)c1.CCOC(=O)c1cc(F)cc(C(C)c2ccc3c(c2)Cc2ccccc2S3)c1.Cc1ccc(S(=O)(=O)CN=Cc2ccc3c(c2)Cc2ccccc2S3)cc1. The Morgan fingerprint density at radius 2 is 1.19 bits per heavy atom. The minimum atomic E-state index is -3.41. The van der Waals surface area contributed by atoms with E-state index in [4.69, 9.17) is 14.8 Å². The van der Waals surface area contributed by atoms with Gasteiger partial charge in [-0.15, -0.1) is 0 Å². The second-order valence-corrected chi connectivity index (χ2v) is 20.6. The van der Waals surface area contributed by atoms with Crippen LogP contribution in [0.4, 0.5) is 8.78 Å². The molecule has 70 heavy (non-hydrogen) atoms. The Morgan fingerprint density at radius 1 is 0.657 bits per heavy atom. The van der Waals surface area contributed by atoms with Crippen molar-refractivity contribution in [3.63, 3.8) is 0 Å². The van der Waals surface area contributed by atoms with E-state index in [9.17, 15) is 26.8 Å². The fraction of sp³-hybridized carbons (Fsp3) is 0.182. The van der Waals surface area contributed by atoms with E-state index in [2.05, 4.69) is 88.6 Å². The van der Waals surface area contributed by atoms with Crippen molar-refractivity contribution in [1.82, 2.24) is 0 Å². The third-order valence-electron chi connectivity index (χ3n) is 11.3. The van der Waals surface area contributed by atoms with Gasteiger partial charge in [0.1, 0.15) is 17.5 Å². The first-order chi connectivity index (χ1) is 33.6. The molecule has 2 aliphatic rings. The van der Waals surface area contributed by atoms with Crippen LogP contribution in [0.2, 0.25) is 0 Å². The molecule has 0 aromatic heterocycles. The standard InChI is InChI=1S/C24H21FO2S.C22H19NO2S2.C9H10BFO4/c1-3-27-24(26)20-12-18(13-21(25)14-20)15(2)16-8-9-23-19(10-16)11-17-6-4-5-7-22(17)28-23;1-16-6-9-20(10-7-16)27(24,25)15-23-14-17-8-11-22-19(12-17)13-18-4-2-3-5-21(18)26-22;1-2-15-9(12)6-3-7(10(13)14)5-8(11)4-6/h4-10,12-15H,3,11H2,1-2H3;2-12,14H,13,15H2,1H3;3-5,13-14H,2H2,1H3. The average Bonchev–Trinajstić information content (AvgIpc) is 3.35. The van der Waals surface area contributed by atoms with Gasteiger partial charge in [0.25, 0.3) is 0 Å². The Kier molecular flexibility index (Phi) is 17.3. The lowest BCUT2D eigenvalue weighted by atomic mass is 9.79. The lowest BCUT2D eigenvalue weighted by Crippen LogP contribution is -2.31. The van der Waals surface area contributed by atoms with Gasteiger partial charge in [-0.25, -0.2) is 26.8 Å². The summed E-state index contributed by atoms with van der Waals surface area (Å²) in [6.07, 6.45) is 3.44. The zero-order chi connectivity index (χ0) is 50.0. The molecule has 9 rings (SSSR count). The normalized spacial score (nSPS) is 12.6. The van der Waals surface area contributed by atoms with Crippen molar-refractivity contribution in [3.8, 4) is 0 Å². The second-order valence-electron chi connectivity index (χ2n) is 16.5. The van der Waals surface area contributed by atoms with Gasteiger partial charge in [-0.2, -0.15) is 0 Å². The van der Waals surface area contributed by atoms with Crippen molar-refractivity contribution in [3.05, 3.63) is 213 Å². The van der Waals surface area contributed by atoms with E-state index < -0.39 is 40.5 Å². The maximum Gasteiger partial charge on any atom is 0.488 e. The molecule has 2 aliphatic heterocycles. The van der Waals surface area contributed by atoms with Crippen molar-refractivity contribution in [2.75, 3.05) is 19.1 Å². The van der Waals surface area contributed by atoms with E-state index in [-0.39, 0.29) is 41.6 Å². The Bertz CT molecular complexity index is 3170. The molecule has 7 aromatic carbocycles. The van der Waals surface area contributed by atoms with Gasteiger partial charge in [-0.05, 0) is 157 Å². The van der Waals surface area contributed by atoms with E-state index in [1.807, 2.05) is 19.9 Å². The molecule has 0 amide bonds. The third-order valence-corrected chi connectivity index (χ3v) is 15.3. The first-order valence-corrected chi connectivity index (χ1v) is 25.8. The van der Waals surface area contributed by atoms with E-state index in [0.717, 1.165) is 47.2 Å². The Labute approximate surface area is 416 Å². The van der Waals surface area contributed by atoms with E-state index in [0.29, 0.717) is 4.90 Å².